The number of hydrogen-bond donors (Lipinski definition) is 1. The van der Waals surface area contributed by atoms with Gasteiger partial charge in [0.15, 0.2) is 0 Å². The van der Waals surface area contributed by atoms with Crippen LogP contribution < -0.4 is 5.32 Å². The van der Waals surface area contributed by atoms with Crippen LogP contribution in [0.3, 0.4) is 0 Å². The topological polar surface area (TPSA) is 99.3 Å². The van der Waals surface area contributed by atoms with Gasteiger partial charge in [-0.05, 0) is 59.4 Å². The molecule has 0 saturated heterocycles. The molecular weight excluding hydrogens is 448 g/mol. The maximum Gasteiger partial charge on any atom is 0.308 e. The maximum absolute atomic E-state index is 14.0. The summed E-state index contributed by atoms with van der Waals surface area (Å²) in [6.45, 7) is 5.29. The molecule has 200 valence electrons. The number of rotatable bonds is 9. The summed E-state index contributed by atoms with van der Waals surface area (Å²) in [4.78, 5) is 57.8. The van der Waals surface area contributed by atoms with E-state index in [1.165, 1.54) is 9.80 Å². The average molecular weight is 495 g/mol. The van der Waals surface area contributed by atoms with Gasteiger partial charge in [0, 0.05) is 28.2 Å². The zero-order valence-electron chi connectivity index (χ0n) is 23.0. The van der Waals surface area contributed by atoms with Crippen molar-refractivity contribution in [3.05, 3.63) is 0 Å². The molecule has 3 amide bonds. The highest BCUT2D eigenvalue weighted by atomic mass is 16.6. The molecule has 2 fully saturated rings. The number of hydrogen-bond acceptors (Lipinski definition) is 6. The SMILES string of the molecule is CNC1(C(=O)N(C)[C@H](C(=O)N(C)[C@@H](CC(=O)OC(C)(C)C)C(=O)N(C)C)C2CCCC2)CCCC1. The van der Waals surface area contributed by atoms with Gasteiger partial charge in [-0.25, -0.2) is 0 Å². The Morgan fingerprint density at radius 1 is 0.914 bits per heavy atom. The molecule has 0 unspecified atom stereocenters. The molecule has 0 aromatic carbocycles. The molecule has 0 aromatic rings. The van der Waals surface area contributed by atoms with Crippen molar-refractivity contribution in [3.8, 4) is 0 Å². The highest BCUT2D eigenvalue weighted by Crippen LogP contribution is 2.35. The second-order valence-corrected chi connectivity index (χ2v) is 11.4. The Balaban J connectivity index is 2.35. The van der Waals surface area contributed by atoms with Gasteiger partial charge in [-0.1, -0.05) is 25.7 Å². The van der Waals surface area contributed by atoms with Crippen LogP contribution in [-0.2, 0) is 23.9 Å². The van der Waals surface area contributed by atoms with Gasteiger partial charge >= 0.3 is 5.97 Å². The summed E-state index contributed by atoms with van der Waals surface area (Å²) in [5.41, 5.74) is -1.35. The molecule has 2 aliphatic rings. The van der Waals surface area contributed by atoms with E-state index in [1.807, 2.05) is 7.05 Å². The Kier molecular flexibility index (Phi) is 9.73. The van der Waals surface area contributed by atoms with E-state index in [9.17, 15) is 19.2 Å². The molecule has 2 saturated carbocycles. The molecule has 0 aliphatic heterocycles. The van der Waals surface area contributed by atoms with E-state index in [2.05, 4.69) is 5.32 Å². The predicted molar refractivity (Wildman–Crippen MR) is 134 cm³/mol. The monoisotopic (exact) mass is 494 g/mol. The van der Waals surface area contributed by atoms with Gasteiger partial charge in [0.05, 0.1) is 12.0 Å². The lowest BCUT2D eigenvalue weighted by atomic mass is 9.90. The number of esters is 1. The molecule has 2 rings (SSSR count). The highest BCUT2D eigenvalue weighted by Gasteiger charge is 2.47. The first kappa shape index (κ1) is 29.1. The van der Waals surface area contributed by atoms with Gasteiger partial charge in [0.25, 0.3) is 0 Å². The fraction of sp³-hybridized carbons (Fsp3) is 0.846. The highest BCUT2D eigenvalue weighted by molar-refractivity contribution is 5.95. The van der Waals surface area contributed by atoms with Crippen molar-refractivity contribution in [2.75, 3.05) is 35.2 Å². The standard InChI is InChI=1S/C26H46N4O5/c1-25(2,3)35-20(31)17-19(22(32)28(5)6)29(7)23(33)21(18-13-9-10-14-18)30(8)24(34)26(27-4)15-11-12-16-26/h18-19,21,27H,9-17H2,1-8H3/t19-,21-/m0/s1. The van der Waals surface area contributed by atoms with Crippen LogP contribution >= 0.6 is 0 Å². The van der Waals surface area contributed by atoms with Crippen molar-refractivity contribution in [2.45, 2.75) is 102 Å². The number of amides is 3. The zero-order chi connectivity index (χ0) is 26.6. The van der Waals surface area contributed by atoms with Crippen molar-refractivity contribution < 1.29 is 23.9 Å². The Bertz CT molecular complexity index is 779. The third-order valence-corrected chi connectivity index (χ3v) is 7.50. The fourth-order valence-electron chi connectivity index (χ4n) is 5.56. The van der Waals surface area contributed by atoms with E-state index in [4.69, 9.17) is 4.74 Å². The zero-order valence-corrected chi connectivity index (χ0v) is 23.0. The fourth-order valence-corrected chi connectivity index (χ4v) is 5.56. The Morgan fingerprint density at radius 3 is 1.91 bits per heavy atom. The summed E-state index contributed by atoms with van der Waals surface area (Å²) in [6.07, 6.45) is 6.91. The molecule has 9 heteroatoms. The molecule has 9 nitrogen and oxygen atoms in total. The molecule has 0 aromatic heterocycles. The van der Waals surface area contributed by atoms with Crippen LogP contribution in [0.2, 0.25) is 0 Å². The number of carbonyl (C=O) groups is 4. The minimum atomic E-state index is -1.01. The molecule has 1 N–H and O–H groups in total. The van der Waals surface area contributed by atoms with Gasteiger partial charge in [-0.3, -0.25) is 19.2 Å². The van der Waals surface area contributed by atoms with Crippen LogP contribution in [0, 0.1) is 5.92 Å². The Morgan fingerprint density at radius 2 is 1.46 bits per heavy atom. The van der Waals surface area contributed by atoms with E-state index >= 15 is 0 Å². The van der Waals surface area contributed by atoms with Crippen LogP contribution in [0.4, 0.5) is 0 Å². The smallest absolute Gasteiger partial charge is 0.308 e. The first-order chi connectivity index (χ1) is 16.2. The minimum Gasteiger partial charge on any atom is -0.460 e. The summed E-state index contributed by atoms with van der Waals surface area (Å²) >= 11 is 0. The van der Waals surface area contributed by atoms with Gasteiger partial charge in [0.2, 0.25) is 17.7 Å². The number of nitrogens with one attached hydrogen (secondary N) is 1. The van der Waals surface area contributed by atoms with Crippen molar-refractivity contribution in [1.82, 2.24) is 20.0 Å². The molecular formula is C26H46N4O5. The van der Waals surface area contributed by atoms with Crippen LogP contribution in [0.15, 0.2) is 0 Å². The number of likely N-dealkylation sites (N-methyl/N-ethyl adjacent to an activating group) is 4. The third kappa shape index (κ3) is 6.96. The van der Waals surface area contributed by atoms with Gasteiger partial charge < -0.3 is 24.8 Å². The van der Waals surface area contributed by atoms with E-state index in [-0.39, 0.29) is 30.1 Å². The maximum atomic E-state index is 14.0. The average Bonchev–Trinajstić information content (AvgIpc) is 3.47. The molecule has 0 spiro atoms. The quantitative estimate of drug-likeness (QED) is 0.493. The Labute approximate surface area is 210 Å². The minimum absolute atomic E-state index is 0.0193. The van der Waals surface area contributed by atoms with E-state index in [1.54, 1.807) is 53.9 Å². The van der Waals surface area contributed by atoms with E-state index in [0.717, 1.165) is 51.4 Å². The molecule has 0 radical (unpaired) electrons. The van der Waals surface area contributed by atoms with E-state index in [0.29, 0.717) is 0 Å². The van der Waals surface area contributed by atoms with Crippen molar-refractivity contribution in [2.24, 2.45) is 5.92 Å². The molecule has 0 heterocycles. The van der Waals surface area contributed by atoms with Crippen LogP contribution in [0.25, 0.3) is 0 Å². The summed E-state index contributed by atoms with van der Waals surface area (Å²) in [5, 5.41) is 3.24. The van der Waals surface area contributed by atoms with Crippen LogP contribution in [0.1, 0.15) is 78.6 Å². The molecule has 0 bridgehead atoms. The second-order valence-electron chi connectivity index (χ2n) is 11.4. The normalized spacial score (nSPS) is 19.7. The predicted octanol–water partition coefficient (Wildman–Crippen LogP) is 2.18. The lowest BCUT2D eigenvalue weighted by molar-refractivity contribution is -0.161. The third-order valence-electron chi connectivity index (χ3n) is 7.50. The Hall–Kier alpha value is -2.16. The number of ether oxygens (including phenoxy) is 1. The summed E-state index contributed by atoms with van der Waals surface area (Å²) in [6, 6.07) is -1.69. The summed E-state index contributed by atoms with van der Waals surface area (Å²) in [7, 11) is 8.28. The largest absolute Gasteiger partial charge is 0.460 e. The number of carbonyl (C=O) groups excluding carboxylic acids is 4. The first-order valence-electron chi connectivity index (χ1n) is 12.9. The lowest BCUT2D eigenvalue weighted by Gasteiger charge is -2.41. The number of nitrogens with zero attached hydrogens (tertiary/aromatic N) is 3. The van der Waals surface area contributed by atoms with Gasteiger partial charge in [-0.2, -0.15) is 0 Å². The second kappa shape index (κ2) is 11.7. The van der Waals surface area contributed by atoms with Crippen molar-refractivity contribution in [1.29, 1.82) is 0 Å². The molecule has 2 aliphatic carbocycles. The lowest BCUT2D eigenvalue weighted by Crippen LogP contribution is -2.62. The van der Waals surface area contributed by atoms with Gasteiger partial charge in [-0.15, -0.1) is 0 Å². The summed E-state index contributed by atoms with van der Waals surface area (Å²) < 4.78 is 5.45. The summed E-state index contributed by atoms with van der Waals surface area (Å²) in [5.74, 6) is -1.25. The first-order valence-corrected chi connectivity index (χ1v) is 12.9. The van der Waals surface area contributed by atoms with Crippen molar-refractivity contribution >= 4 is 23.7 Å². The molecule has 2 atom stereocenters. The van der Waals surface area contributed by atoms with Crippen LogP contribution in [0.5, 0.6) is 0 Å². The van der Waals surface area contributed by atoms with Crippen LogP contribution in [-0.4, -0.2) is 96.9 Å². The molecule has 35 heavy (non-hydrogen) atoms. The van der Waals surface area contributed by atoms with Crippen molar-refractivity contribution in [3.63, 3.8) is 0 Å². The van der Waals surface area contributed by atoms with E-state index < -0.39 is 29.2 Å². The van der Waals surface area contributed by atoms with Gasteiger partial charge in [0.1, 0.15) is 17.7 Å².